The lowest BCUT2D eigenvalue weighted by atomic mass is 10.1. The van der Waals surface area contributed by atoms with E-state index in [1.54, 1.807) is 7.11 Å². The van der Waals surface area contributed by atoms with Crippen molar-refractivity contribution in [1.82, 2.24) is 9.80 Å². The molecular weight excluding hydrogens is 288 g/mol. The molecule has 21 heavy (non-hydrogen) atoms. The quantitative estimate of drug-likeness (QED) is 0.872. The summed E-state index contributed by atoms with van der Waals surface area (Å²) in [6.45, 7) is 7.54. The molecule has 1 N–H and O–H groups in total. The number of aliphatic hydroxyl groups excluding tert-OH is 1. The van der Waals surface area contributed by atoms with E-state index < -0.39 is 6.10 Å². The van der Waals surface area contributed by atoms with Crippen LogP contribution in [-0.2, 0) is 4.74 Å². The molecule has 4 nitrogen and oxygen atoms in total. The number of β-amino-alcohol motifs (C(OH)–C–C–N with tert-alkyl or cyclic N) is 1. The zero-order chi connectivity index (χ0) is 15.2. The van der Waals surface area contributed by atoms with Crippen LogP contribution in [0.15, 0.2) is 24.3 Å². The fraction of sp³-hybridized carbons (Fsp3) is 0.625. The number of hydrogen-bond acceptors (Lipinski definition) is 4. The maximum absolute atomic E-state index is 10.4. The SMILES string of the molecule is COCCN1CCN(C[C@@H](O)c2ccccc2Cl)C[C@@H]1C. The van der Waals surface area contributed by atoms with Gasteiger partial charge in [0.25, 0.3) is 0 Å². The van der Waals surface area contributed by atoms with Crippen molar-refractivity contribution in [2.45, 2.75) is 19.1 Å². The summed E-state index contributed by atoms with van der Waals surface area (Å²) in [7, 11) is 1.74. The third-order valence-corrected chi connectivity index (χ3v) is 4.47. The first-order chi connectivity index (χ1) is 10.1. The van der Waals surface area contributed by atoms with Gasteiger partial charge in [0.2, 0.25) is 0 Å². The number of benzene rings is 1. The minimum absolute atomic E-state index is 0.479. The molecule has 118 valence electrons. The number of rotatable bonds is 6. The molecule has 0 amide bonds. The van der Waals surface area contributed by atoms with Gasteiger partial charge >= 0.3 is 0 Å². The summed E-state index contributed by atoms with van der Waals surface area (Å²) in [5.74, 6) is 0. The standard InChI is InChI=1S/C16H25ClN2O2/c1-13-11-18(7-8-19(13)9-10-21-2)12-16(20)14-5-3-4-6-15(14)17/h3-6,13,16,20H,7-12H2,1-2H3/t13-,16+/m0/s1. The molecule has 1 aliphatic heterocycles. The lowest BCUT2D eigenvalue weighted by Gasteiger charge is -2.40. The zero-order valence-electron chi connectivity index (χ0n) is 12.8. The Morgan fingerprint density at radius 1 is 1.38 bits per heavy atom. The van der Waals surface area contributed by atoms with Crippen LogP contribution in [0.2, 0.25) is 5.02 Å². The van der Waals surface area contributed by atoms with Gasteiger partial charge in [-0.1, -0.05) is 29.8 Å². The van der Waals surface area contributed by atoms with Crippen LogP contribution in [-0.4, -0.2) is 67.4 Å². The van der Waals surface area contributed by atoms with Crippen molar-refractivity contribution < 1.29 is 9.84 Å². The molecule has 0 spiro atoms. The van der Waals surface area contributed by atoms with E-state index in [-0.39, 0.29) is 0 Å². The Morgan fingerprint density at radius 2 is 2.14 bits per heavy atom. The molecule has 0 radical (unpaired) electrons. The van der Waals surface area contributed by atoms with E-state index in [1.807, 2.05) is 24.3 Å². The highest BCUT2D eigenvalue weighted by atomic mass is 35.5. The van der Waals surface area contributed by atoms with Crippen LogP contribution in [0, 0.1) is 0 Å². The van der Waals surface area contributed by atoms with Crippen LogP contribution in [0.5, 0.6) is 0 Å². The predicted octanol–water partition coefficient (Wildman–Crippen LogP) is 2.03. The lowest BCUT2D eigenvalue weighted by Crippen LogP contribution is -2.53. The Bertz CT molecular complexity index is 444. The van der Waals surface area contributed by atoms with Crippen LogP contribution in [0.25, 0.3) is 0 Å². The van der Waals surface area contributed by atoms with Crippen molar-refractivity contribution in [2.75, 3.05) is 46.4 Å². The highest BCUT2D eigenvalue weighted by Crippen LogP contribution is 2.24. The second-order valence-corrected chi connectivity index (χ2v) is 6.08. The highest BCUT2D eigenvalue weighted by Gasteiger charge is 2.25. The van der Waals surface area contributed by atoms with Gasteiger partial charge in [-0.25, -0.2) is 0 Å². The van der Waals surface area contributed by atoms with Crippen molar-refractivity contribution in [3.8, 4) is 0 Å². The maximum atomic E-state index is 10.4. The van der Waals surface area contributed by atoms with E-state index in [1.165, 1.54) is 0 Å². The fourth-order valence-corrected chi connectivity index (χ4v) is 3.13. The number of piperazine rings is 1. The van der Waals surface area contributed by atoms with E-state index in [2.05, 4.69) is 16.7 Å². The van der Waals surface area contributed by atoms with Gasteiger partial charge in [-0.3, -0.25) is 9.80 Å². The molecule has 1 aromatic carbocycles. The van der Waals surface area contributed by atoms with Crippen molar-refractivity contribution in [3.63, 3.8) is 0 Å². The molecule has 1 saturated heterocycles. The monoisotopic (exact) mass is 312 g/mol. The summed E-state index contributed by atoms with van der Waals surface area (Å²) in [5.41, 5.74) is 0.814. The van der Waals surface area contributed by atoms with Crippen LogP contribution >= 0.6 is 11.6 Å². The summed E-state index contributed by atoms with van der Waals surface area (Å²) in [5, 5.41) is 11.0. The molecule has 0 aromatic heterocycles. The topological polar surface area (TPSA) is 35.9 Å². The molecule has 1 fully saturated rings. The number of methoxy groups -OCH3 is 1. The Labute approximate surface area is 132 Å². The van der Waals surface area contributed by atoms with Gasteiger partial charge in [0.05, 0.1) is 12.7 Å². The van der Waals surface area contributed by atoms with E-state index in [4.69, 9.17) is 16.3 Å². The van der Waals surface area contributed by atoms with Crippen molar-refractivity contribution in [3.05, 3.63) is 34.9 Å². The highest BCUT2D eigenvalue weighted by molar-refractivity contribution is 6.31. The number of ether oxygens (including phenoxy) is 1. The molecule has 5 heteroatoms. The summed E-state index contributed by atoms with van der Waals surface area (Å²) >= 11 is 6.15. The predicted molar refractivity (Wildman–Crippen MR) is 85.8 cm³/mol. The summed E-state index contributed by atoms with van der Waals surface area (Å²) < 4.78 is 5.15. The van der Waals surface area contributed by atoms with Gasteiger partial charge in [0, 0.05) is 56.5 Å². The number of halogens is 1. The van der Waals surface area contributed by atoms with Gasteiger partial charge in [-0.05, 0) is 13.0 Å². The molecular formula is C16H25ClN2O2. The average Bonchev–Trinajstić information content (AvgIpc) is 2.47. The number of hydrogen-bond donors (Lipinski definition) is 1. The molecule has 1 heterocycles. The molecule has 1 aliphatic rings. The van der Waals surface area contributed by atoms with E-state index in [0.29, 0.717) is 17.6 Å². The van der Waals surface area contributed by atoms with Crippen molar-refractivity contribution >= 4 is 11.6 Å². The van der Waals surface area contributed by atoms with Crippen LogP contribution in [0.1, 0.15) is 18.6 Å². The van der Waals surface area contributed by atoms with Crippen molar-refractivity contribution in [2.24, 2.45) is 0 Å². The van der Waals surface area contributed by atoms with E-state index in [9.17, 15) is 5.11 Å². The van der Waals surface area contributed by atoms with Crippen LogP contribution in [0.3, 0.4) is 0 Å². The van der Waals surface area contributed by atoms with Crippen LogP contribution < -0.4 is 0 Å². The molecule has 0 unspecified atom stereocenters. The Balaban J connectivity index is 1.86. The minimum Gasteiger partial charge on any atom is -0.387 e. The van der Waals surface area contributed by atoms with Gasteiger partial charge in [-0.2, -0.15) is 0 Å². The van der Waals surface area contributed by atoms with E-state index in [0.717, 1.165) is 38.3 Å². The van der Waals surface area contributed by atoms with E-state index >= 15 is 0 Å². The van der Waals surface area contributed by atoms with Gasteiger partial charge in [0.1, 0.15) is 0 Å². The Morgan fingerprint density at radius 3 is 2.81 bits per heavy atom. The van der Waals surface area contributed by atoms with Gasteiger partial charge in [-0.15, -0.1) is 0 Å². The normalized spacial score (nSPS) is 22.4. The van der Waals surface area contributed by atoms with Crippen molar-refractivity contribution in [1.29, 1.82) is 0 Å². The van der Waals surface area contributed by atoms with Gasteiger partial charge in [0.15, 0.2) is 0 Å². The molecule has 1 aromatic rings. The molecule has 2 atom stereocenters. The number of nitrogens with zero attached hydrogens (tertiary/aromatic N) is 2. The van der Waals surface area contributed by atoms with Crippen LogP contribution in [0.4, 0.5) is 0 Å². The second-order valence-electron chi connectivity index (χ2n) is 5.67. The third-order valence-electron chi connectivity index (χ3n) is 4.13. The summed E-state index contributed by atoms with van der Waals surface area (Å²) in [6.07, 6.45) is -0.531. The lowest BCUT2D eigenvalue weighted by molar-refractivity contribution is 0.0331. The smallest absolute Gasteiger partial charge is 0.0931 e. The Kier molecular flexibility index (Phi) is 6.45. The second kappa shape index (κ2) is 8.11. The maximum Gasteiger partial charge on any atom is 0.0931 e. The summed E-state index contributed by atoms with van der Waals surface area (Å²) in [6, 6.07) is 7.99. The van der Waals surface area contributed by atoms with Gasteiger partial charge < -0.3 is 9.84 Å². The molecule has 0 saturated carbocycles. The molecule has 2 rings (SSSR count). The molecule has 0 bridgehead atoms. The fourth-order valence-electron chi connectivity index (χ4n) is 2.87. The first-order valence-corrected chi connectivity index (χ1v) is 7.87. The third kappa shape index (κ3) is 4.66. The molecule has 0 aliphatic carbocycles. The average molecular weight is 313 g/mol. The zero-order valence-corrected chi connectivity index (χ0v) is 13.6. The minimum atomic E-state index is -0.531. The largest absolute Gasteiger partial charge is 0.387 e. The first kappa shape index (κ1) is 16.7. The summed E-state index contributed by atoms with van der Waals surface area (Å²) in [4.78, 5) is 4.74. The Hall–Kier alpha value is -0.650. The first-order valence-electron chi connectivity index (χ1n) is 7.49. The number of aliphatic hydroxyl groups is 1.